The number of rotatable bonds is 5. The number of aliphatic hydroxyl groups excluding tert-OH is 1. The molecule has 0 aliphatic rings. The van der Waals surface area contributed by atoms with Crippen LogP contribution in [0.5, 0.6) is 0 Å². The summed E-state index contributed by atoms with van der Waals surface area (Å²) in [7, 11) is -2.95. The summed E-state index contributed by atoms with van der Waals surface area (Å²) in [6, 6.07) is 0. The fourth-order valence-electron chi connectivity index (χ4n) is 0.286. The summed E-state index contributed by atoms with van der Waals surface area (Å²) in [4.78, 5) is 9.44. The second kappa shape index (κ2) is 5.22. The van der Waals surface area contributed by atoms with Crippen LogP contribution < -0.4 is 0 Å². The van der Waals surface area contributed by atoms with Crippen LogP contribution in [0.25, 0.3) is 0 Å². The second-order valence-electron chi connectivity index (χ2n) is 1.48. The van der Waals surface area contributed by atoms with Crippen LogP contribution in [0.4, 0.5) is 0 Å². The smallest absolute Gasteiger partial charge is 0.389 e. The maximum absolute atomic E-state index is 9.70. The summed E-state index contributed by atoms with van der Waals surface area (Å²) >= 11 is 0. The molecule has 0 spiro atoms. The van der Waals surface area contributed by atoms with Crippen LogP contribution in [0.1, 0.15) is 0 Å². The van der Waals surface area contributed by atoms with Crippen molar-refractivity contribution in [3.8, 4) is 0 Å². The molecule has 0 aromatic carbocycles. The van der Waals surface area contributed by atoms with E-state index in [-0.39, 0.29) is 6.54 Å². The lowest BCUT2D eigenvalue weighted by Gasteiger charge is -1.99. The van der Waals surface area contributed by atoms with Gasteiger partial charge in [0.15, 0.2) is 0 Å². The first-order chi connectivity index (χ1) is 4.66. The molecule has 0 amide bonds. The molecule has 1 N–H and O–H groups in total. The summed E-state index contributed by atoms with van der Waals surface area (Å²) < 4.78 is 23.4. The minimum Gasteiger partial charge on any atom is -0.389 e. The monoisotopic (exact) mass is 167 g/mol. The van der Waals surface area contributed by atoms with Gasteiger partial charge < -0.3 is 5.11 Å². The molecule has 10 heavy (non-hydrogen) atoms. The Morgan fingerprint density at radius 1 is 1.60 bits per heavy atom. The predicted octanol–water partition coefficient (Wildman–Crippen LogP) is 0.218. The molecule has 0 rings (SSSR count). The first kappa shape index (κ1) is 9.42. The highest BCUT2D eigenvalue weighted by Crippen LogP contribution is 2.04. The van der Waals surface area contributed by atoms with E-state index in [4.69, 9.17) is 5.11 Å². The molecule has 0 heterocycles. The molecule has 0 radical (unpaired) electrons. The molecule has 0 saturated carbocycles. The Balaban J connectivity index is 3.38. The van der Waals surface area contributed by atoms with Gasteiger partial charge in [-0.2, -0.15) is 4.91 Å². The maximum Gasteiger partial charge on any atom is 0.468 e. The van der Waals surface area contributed by atoms with E-state index >= 15 is 0 Å². The van der Waals surface area contributed by atoms with Crippen LogP contribution in [-0.4, -0.2) is 24.4 Å². The van der Waals surface area contributed by atoms with E-state index < -0.39 is 20.6 Å². The zero-order valence-electron chi connectivity index (χ0n) is 4.97. The molecule has 58 valence electrons. The standard InChI is InChI=1S/C3H6NO5P/c5-3(1-4-6)2-9-10(7)8/h3,5H,1-2H2. The molecular weight excluding hydrogens is 161 g/mol. The molecule has 0 aliphatic carbocycles. The Morgan fingerprint density at radius 3 is 2.60 bits per heavy atom. The van der Waals surface area contributed by atoms with Crippen LogP contribution in [0.2, 0.25) is 0 Å². The molecule has 0 fully saturated rings. The van der Waals surface area contributed by atoms with E-state index in [1.807, 2.05) is 0 Å². The Kier molecular flexibility index (Phi) is 4.92. The molecule has 1 atom stereocenters. The third kappa shape index (κ3) is 5.55. The largest absolute Gasteiger partial charge is 0.468 e. The van der Waals surface area contributed by atoms with E-state index in [0.717, 1.165) is 0 Å². The number of hydrogen-bond acceptors (Lipinski definition) is 6. The summed E-state index contributed by atoms with van der Waals surface area (Å²) in [5.41, 5.74) is 0. The van der Waals surface area contributed by atoms with Gasteiger partial charge in [-0.05, 0) is 0 Å². The normalized spacial score (nSPS) is 12.5. The number of aliphatic hydroxyl groups is 1. The van der Waals surface area contributed by atoms with Crippen molar-refractivity contribution in [3.05, 3.63) is 4.91 Å². The topological polar surface area (TPSA) is 93.0 Å². The van der Waals surface area contributed by atoms with Gasteiger partial charge in [0, 0.05) is 0 Å². The molecular formula is C3H6NO5P. The Labute approximate surface area is 57.1 Å². The molecule has 6 nitrogen and oxygen atoms in total. The van der Waals surface area contributed by atoms with Gasteiger partial charge in [0.25, 0.3) is 0 Å². The predicted molar refractivity (Wildman–Crippen MR) is 30.9 cm³/mol. The maximum atomic E-state index is 9.70. The average Bonchev–Trinajstić information content (AvgIpc) is 1.85. The molecule has 7 heteroatoms. The lowest BCUT2D eigenvalue weighted by atomic mass is 10.4. The quantitative estimate of drug-likeness (QED) is 0.466. The van der Waals surface area contributed by atoms with Crippen molar-refractivity contribution in [2.75, 3.05) is 13.2 Å². The summed E-state index contributed by atoms with van der Waals surface area (Å²) in [6.45, 7) is -0.770. The first-order valence-corrected chi connectivity index (χ1v) is 3.51. The molecule has 1 unspecified atom stereocenters. The molecule has 0 saturated heterocycles. The van der Waals surface area contributed by atoms with Crippen molar-refractivity contribution in [2.24, 2.45) is 5.18 Å². The zero-order valence-corrected chi connectivity index (χ0v) is 5.86. The Morgan fingerprint density at radius 2 is 2.20 bits per heavy atom. The van der Waals surface area contributed by atoms with E-state index in [9.17, 15) is 14.0 Å². The summed E-state index contributed by atoms with van der Waals surface area (Å²) in [6.07, 6.45) is -1.13. The highest BCUT2D eigenvalue weighted by atomic mass is 31.1. The van der Waals surface area contributed by atoms with Gasteiger partial charge >= 0.3 is 7.91 Å². The van der Waals surface area contributed by atoms with Crippen molar-refractivity contribution in [1.82, 2.24) is 0 Å². The Hall–Kier alpha value is -0.580. The van der Waals surface area contributed by atoms with Gasteiger partial charge in [-0.3, -0.25) is 4.52 Å². The van der Waals surface area contributed by atoms with E-state index in [1.54, 1.807) is 0 Å². The minimum absolute atomic E-state index is 0.358. The highest BCUT2D eigenvalue weighted by Gasteiger charge is 2.04. The first-order valence-electron chi connectivity index (χ1n) is 2.41. The SMILES string of the molecule is O=NCC(O)COP(=O)=O. The number of nitrogens with zero attached hydrogens (tertiary/aromatic N) is 1. The van der Waals surface area contributed by atoms with Crippen LogP contribution in [0, 0.1) is 4.91 Å². The fraction of sp³-hybridized carbons (Fsp3) is 1.00. The summed E-state index contributed by atoms with van der Waals surface area (Å²) in [5.74, 6) is 0. The highest BCUT2D eigenvalue weighted by molar-refractivity contribution is 7.24. The average molecular weight is 167 g/mol. The van der Waals surface area contributed by atoms with Crippen LogP contribution in [0.3, 0.4) is 0 Å². The third-order valence-corrected chi connectivity index (χ3v) is 1.02. The van der Waals surface area contributed by atoms with E-state index in [0.29, 0.717) is 0 Å². The van der Waals surface area contributed by atoms with E-state index in [2.05, 4.69) is 9.70 Å². The van der Waals surface area contributed by atoms with Gasteiger partial charge in [-0.15, -0.1) is 0 Å². The van der Waals surface area contributed by atoms with Crippen LogP contribution in [0.15, 0.2) is 5.18 Å². The van der Waals surface area contributed by atoms with Crippen molar-refractivity contribution in [3.63, 3.8) is 0 Å². The van der Waals surface area contributed by atoms with Crippen molar-refractivity contribution < 1.29 is 18.8 Å². The third-order valence-electron chi connectivity index (χ3n) is 0.658. The van der Waals surface area contributed by atoms with Gasteiger partial charge in [-0.25, -0.2) is 9.13 Å². The molecule has 0 bridgehead atoms. The second-order valence-corrected chi connectivity index (χ2v) is 2.19. The lowest BCUT2D eigenvalue weighted by molar-refractivity contribution is 0.116. The van der Waals surface area contributed by atoms with Crippen LogP contribution >= 0.6 is 7.91 Å². The zero-order chi connectivity index (χ0) is 7.98. The van der Waals surface area contributed by atoms with Gasteiger partial charge in [0.2, 0.25) is 0 Å². The van der Waals surface area contributed by atoms with Crippen LogP contribution in [-0.2, 0) is 13.7 Å². The summed E-state index contributed by atoms with van der Waals surface area (Å²) in [5, 5.41) is 10.9. The number of nitroso groups, excluding NO2 is 1. The minimum atomic E-state index is -2.95. The molecule has 0 aromatic heterocycles. The molecule has 0 aromatic rings. The van der Waals surface area contributed by atoms with Crippen molar-refractivity contribution >= 4 is 7.91 Å². The fourth-order valence-corrected chi connectivity index (χ4v) is 0.579. The van der Waals surface area contributed by atoms with Crippen molar-refractivity contribution in [1.29, 1.82) is 0 Å². The number of hydrogen-bond donors (Lipinski definition) is 1. The van der Waals surface area contributed by atoms with Gasteiger partial charge in [0.05, 0.1) is 6.61 Å². The van der Waals surface area contributed by atoms with E-state index in [1.165, 1.54) is 0 Å². The Bertz CT molecular complexity index is 158. The van der Waals surface area contributed by atoms with Gasteiger partial charge in [0.1, 0.15) is 12.6 Å². The lowest BCUT2D eigenvalue weighted by Crippen LogP contribution is -2.15. The van der Waals surface area contributed by atoms with Crippen molar-refractivity contribution in [2.45, 2.75) is 6.10 Å². The van der Waals surface area contributed by atoms with Gasteiger partial charge in [-0.1, -0.05) is 5.18 Å². The molecule has 0 aliphatic heterocycles.